The SMILES string of the molecule is COC(=O)c1ccc(NC(=O)C(C)NS(=O)(=O)c2ccc(Br)cc2)cc1. The predicted molar refractivity (Wildman–Crippen MR) is 100 cm³/mol. The monoisotopic (exact) mass is 440 g/mol. The Balaban J connectivity index is 2.03. The second kappa shape index (κ2) is 8.43. The summed E-state index contributed by atoms with van der Waals surface area (Å²) >= 11 is 3.23. The minimum atomic E-state index is -3.83. The third-order valence-electron chi connectivity index (χ3n) is 3.42. The van der Waals surface area contributed by atoms with E-state index in [1.165, 1.54) is 50.4 Å². The summed E-state index contributed by atoms with van der Waals surface area (Å²) < 4.78 is 32.3. The van der Waals surface area contributed by atoms with Crippen molar-refractivity contribution in [1.82, 2.24) is 4.72 Å². The molecule has 0 heterocycles. The Kier molecular flexibility index (Phi) is 6.52. The molecule has 1 atom stereocenters. The Morgan fingerprint density at radius 2 is 1.62 bits per heavy atom. The maximum Gasteiger partial charge on any atom is 0.337 e. The number of nitrogens with one attached hydrogen (secondary N) is 2. The Hall–Kier alpha value is -2.23. The fraction of sp³-hybridized carbons (Fsp3) is 0.176. The zero-order chi connectivity index (χ0) is 19.3. The van der Waals surface area contributed by atoms with E-state index in [2.05, 4.69) is 30.7 Å². The maximum absolute atomic E-state index is 12.3. The minimum Gasteiger partial charge on any atom is -0.465 e. The number of ether oxygens (including phenoxy) is 1. The van der Waals surface area contributed by atoms with E-state index in [1.807, 2.05) is 0 Å². The van der Waals surface area contributed by atoms with Crippen LogP contribution in [-0.2, 0) is 19.6 Å². The highest BCUT2D eigenvalue weighted by Gasteiger charge is 2.22. The molecular weight excluding hydrogens is 424 g/mol. The molecule has 0 spiro atoms. The second-order valence-electron chi connectivity index (χ2n) is 5.36. The first-order valence-electron chi connectivity index (χ1n) is 7.50. The van der Waals surface area contributed by atoms with Gasteiger partial charge in [-0.15, -0.1) is 0 Å². The van der Waals surface area contributed by atoms with Crippen LogP contribution in [0, 0.1) is 0 Å². The van der Waals surface area contributed by atoms with Crippen LogP contribution in [0.2, 0.25) is 0 Å². The number of sulfonamides is 1. The van der Waals surface area contributed by atoms with Gasteiger partial charge in [0.2, 0.25) is 15.9 Å². The lowest BCUT2D eigenvalue weighted by atomic mass is 10.2. The van der Waals surface area contributed by atoms with Crippen molar-refractivity contribution >= 4 is 43.5 Å². The molecule has 0 fully saturated rings. The second-order valence-corrected chi connectivity index (χ2v) is 7.98. The van der Waals surface area contributed by atoms with Gasteiger partial charge < -0.3 is 10.1 Å². The average molecular weight is 441 g/mol. The first kappa shape index (κ1) is 20.1. The number of anilines is 1. The molecular formula is C17H17BrN2O5S. The molecule has 0 bridgehead atoms. The van der Waals surface area contributed by atoms with Crippen molar-refractivity contribution in [2.24, 2.45) is 0 Å². The maximum atomic E-state index is 12.3. The molecule has 9 heteroatoms. The standard InChI is InChI=1S/C17H17BrN2O5S/c1-11(20-26(23,24)15-9-5-13(18)6-10-15)16(21)19-14-7-3-12(4-8-14)17(22)25-2/h3-11,20H,1-2H3,(H,19,21). The van der Waals surface area contributed by atoms with E-state index in [0.29, 0.717) is 11.3 Å². The van der Waals surface area contributed by atoms with E-state index in [4.69, 9.17) is 0 Å². The van der Waals surface area contributed by atoms with Crippen molar-refractivity contribution in [2.75, 3.05) is 12.4 Å². The van der Waals surface area contributed by atoms with Gasteiger partial charge in [-0.05, 0) is 55.5 Å². The van der Waals surface area contributed by atoms with Crippen molar-refractivity contribution in [1.29, 1.82) is 0 Å². The minimum absolute atomic E-state index is 0.0581. The third kappa shape index (κ3) is 5.13. The molecule has 2 aromatic carbocycles. The van der Waals surface area contributed by atoms with Crippen LogP contribution in [0.25, 0.3) is 0 Å². The summed E-state index contributed by atoms with van der Waals surface area (Å²) in [6.07, 6.45) is 0. The molecule has 0 aliphatic heterocycles. The first-order valence-corrected chi connectivity index (χ1v) is 9.77. The van der Waals surface area contributed by atoms with Gasteiger partial charge in [-0.25, -0.2) is 13.2 Å². The molecule has 0 aliphatic rings. The van der Waals surface area contributed by atoms with E-state index in [-0.39, 0.29) is 4.90 Å². The molecule has 2 rings (SSSR count). The molecule has 138 valence electrons. The van der Waals surface area contributed by atoms with E-state index in [9.17, 15) is 18.0 Å². The van der Waals surface area contributed by atoms with Gasteiger partial charge in [0, 0.05) is 10.2 Å². The van der Waals surface area contributed by atoms with Crippen molar-refractivity contribution < 1.29 is 22.7 Å². The van der Waals surface area contributed by atoms with E-state index < -0.39 is 27.9 Å². The molecule has 0 aliphatic carbocycles. The lowest BCUT2D eigenvalue weighted by Gasteiger charge is -2.14. The average Bonchev–Trinajstić information content (AvgIpc) is 2.61. The summed E-state index contributed by atoms with van der Waals surface area (Å²) in [5.74, 6) is -1.02. The topological polar surface area (TPSA) is 102 Å². The molecule has 1 amide bonds. The van der Waals surface area contributed by atoms with Gasteiger partial charge in [0.25, 0.3) is 0 Å². The number of hydrogen-bond acceptors (Lipinski definition) is 5. The van der Waals surface area contributed by atoms with Crippen LogP contribution in [0.15, 0.2) is 57.9 Å². The number of carbonyl (C=O) groups excluding carboxylic acids is 2. The summed E-state index contributed by atoms with van der Waals surface area (Å²) in [6.45, 7) is 1.44. The zero-order valence-electron chi connectivity index (χ0n) is 14.0. The molecule has 1 unspecified atom stereocenters. The number of methoxy groups -OCH3 is 1. The van der Waals surface area contributed by atoms with Gasteiger partial charge >= 0.3 is 5.97 Å². The summed E-state index contributed by atoms with van der Waals surface area (Å²) in [5.41, 5.74) is 0.770. The van der Waals surface area contributed by atoms with Gasteiger partial charge in [0.1, 0.15) is 0 Å². The molecule has 2 N–H and O–H groups in total. The lowest BCUT2D eigenvalue weighted by molar-refractivity contribution is -0.117. The number of benzene rings is 2. The highest BCUT2D eigenvalue weighted by Crippen LogP contribution is 2.15. The van der Waals surface area contributed by atoms with Crippen LogP contribution < -0.4 is 10.0 Å². The Morgan fingerprint density at radius 1 is 1.04 bits per heavy atom. The number of rotatable bonds is 6. The third-order valence-corrected chi connectivity index (χ3v) is 5.51. The van der Waals surface area contributed by atoms with E-state index >= 15 is 0 Å². The highest BCUT2D eigenvalue weighted by atomic mass is 79.9. The normalized spacial score (nSPS) is 12.3. The Morgan fingerprint density at radius 3 is 2.15 bits per heavy atom. The number of carbonyl (C=O) groups is 2. The number of halogens is 1. The quantitative estimate of drug-likeness (QED) is 0.671. The first-order chi connectivity index (χ1) is 12.2. The van der Waals surface area contributed by atoms with Gasteiger partial charge in [-0.3, -0.25) is 4.79 Å². The fourth-order valence-electron chi connectivity index (χ4n) is 2.03. The molecule has 0 saturated carbocycles. The van der Waals surface area contributed by atoms with Crippen molar-refractivity contribution in [3.8, 4) is 0 Å². The Labute approximate surface area is 159 Å². The van der Waals surface area contributed by atoms with Crippen molar-refractivity contribution in [3.05, 3.63) is 58.6 Å². The number of esters is 1. The molecule has 2 aromatic rings. The van der Waals surface area contributed by atoms with Crippen LogP contribution in [0.1, 0.15) is 17.3 Å². The van der Waals surface area contributed by atoms with Crippen LogP contribution in [0.5, 0.6) is 0 Å². The molecule has 0 aromatic heterocycles. The van der Waals surface area contributed by atoms with Gasteiger partial charge in [0.05, 0.1) is 23.6 Å². The largest absolute Gasteiger partial charge is 0.465 e. The smallest absolute Gasteiger partial charge is 0.337 e. The van der Waals surface area contributed by atoms with Crippen LogP contribution >= 0.6 is 15.9 Å². The molecule has 0 saturated heterocycles. The molecule has 26 heavy (non-hydrogen) atoms. The molecule has 7 nitrogen and oxygen atoms in total. The highest BCUT2D eigenvalue weighted by molar-refractivity contribution is 9.10. The number of hydrogen-bond donors (Lipinski definition) is 2. The van der Waals surface area contributed by atoms with Gasteiger partial charge in [0.15, 0.2) is 0 Å². The number of amides is 1. The van der Waals surface area contributed by atoms with Gasteiger partial charge in [-0.2, -0.15) is 4.72 Å². The summed E-state index contributed by atoms with van der Waals surface area (Å²) in [6, 6.07) is 11.1. The van der Waals surface area contributed by atoms with Crippen molar-refractivity contribution in [2.45, 2.75) is 17.9 Å². The summed E-state index contributed by atoms with van der Waals surface area (Å²) in [5, 5.41) is 2.58. The zero-order valence-corrected chi connectivity index (χ0v) is 16.4. The lowest BCUT2D eigenvalue weighted by Crippen LogP contribution is -2.41. The van der Waals surface area contributed by atoms with Crippen LogP contribution in [0.3, 0.4) is 0 Å². The summed E-state index contributed by atoms with van der Waals surface area (Å²) in [4.78, 5) is 23.6. The Bertz CT molecular complexity index is 896. The molecule has 0 radical (unpaired) electrons. The predicted octanol–water partition coefficient (Wildman–Crippen LogP) is 2.54. The fourth-order valence-corrected chi connectivity index (χ4v) is 3.49. The van der Waals surface area contributed by atoms with Crippen LogP contribution in [-0.4, -0.2) is 33.4 Å². The van der Waals surface area contributed by atoms with Crippen molar-refractivity contribution in [3.63, 3.8) is 0 Å². The van der Waals surface area contributed by atoms with Gasteiger partial charge in [-0.1, -0.05) is 15.9 Å². The van der Waals surface area contributed by atoms with E-state index in [1.54, 1.807) is 12.1 Å². The van der Waals surface area contributed by atoms with Crippen LogP contribution in [0.4, 0.5) is 5.69 Å². The van der Waals surface area contributed by atoms with E-state index in [0.717, 1.165) is 4.47 Å². The summed E-state index contributed by atoms with van der Waals surface area (Å²) in [7, 11) is -2.55.